The van der Waals surface area contributed by atoms with Gasteiger partial charge in [0.15, 0.2) is 0 Å². The molecule has 120 valence electrons. The Labute approximate surface area is 137 Å². The summed E-state index contributed by atoms with van der Waals surface area (Å²) in [6.45, 7) is 6.31. The van der Waals surface area contributed by atoms with Gasteiger partial charge in [-0.3, -0.25) is 0 Å². The summed E-state index contributed by atoms with van der Waals surface area (Å²) in [4.78, 5) is 11.7. The summed E-state index contributed by atoms with van der Waals surface area (Å²) in [5.74, 6) is 1.99. The molecule has 2 aliphatic rings. The number of rotatable bonds is 3. The molecule has 1 N–H and O–H groups in total. The maximum absolute atomic E-state index is 11.7. The Bertz CT molecular complexity index is 579. The molecule has 3 rings (SSSR count). The highest BCUT2D eigenvalue weighted by molar-refractivity contribution is 6.30. The van der Waals surface area contributed by atoms with Crippen molar-refractivity contribution in [2.24, 2.45) is 5.92 Å². The van der Waals surface area contributed by atoms with Crippen molar-refractivity contribution in [1.82, 2.24) is 5.32 Å². The van der Waals surface area contributed by atoms with Crippen LogP contribution in [0.25, 0.3) is 0 Å². The van der Waals surface area contributed by atoms with Crippen LogP contribution in [-0.4, -0.2) is 18.2 Å². The van der Waals surface area contributed by atoms with E-state index in [4.69, 9.17) is 16.3 Å². The van der Waals surface area contributed by atoms with Crippen LogP contribution in [-0.2, 0) is 4.74 Å². The molecule has 0 spiro atoms. The summed E-state index contributed by atoms with van der Waals surface area (Å²) in [7, 11) is 0. The van der Waals surface area contributed by atoms with E-state index in [0.717, 1.165) is 11.4 Å². The van der Waals surface area contributed by atoms with Gasteiger partial charge >= 0.3 is 6.09 Å². The van der Waals surface area contributed by atoms with E-state index in [1.807, 2.05) is 26.8 Å². The number of fused-ring (bicyclic) bond motifs is 4. The van der Waals surface area contributed by atoms with Crippen LogP contribution in [0.4, 0.5) is 4.79 Å². The third-order valence-corrected chi connectivity index (χ3v) is 5.02. The zero-order chi connectivity index (χ0) is 15.9. The minimum Gasteiger partial charge on any atom is -0.444 e. The summed E-state index contributed by atoms with van der Waals surface area (Å²) in [6, 6.07) is 6.30. The van der Waals surface area contributed by atoms with Gasteiger partial charge < -0.3 is 10.1 Å². The number of carbonyl (C=O) groups is 1. The Hall–Kier alpha value is -1.22. The van der Waals surface area contributed by atoms with Gasteiger partial charge in [-0.25, -0.2) is 4.79 Å². The van der Waals surface area contributed by atoms with Crippen LogP contribution in [0.2, 0.25) is 5.02 Å². The summed E-state index contributed by atoms with van der Waals surface area (Å²) >= 11 is 6.12. The molecule has 1 amide bonds. The van der Waals surface area contributed by atoms with Crippen LogP contribution >= 0.6 is 11.6 Å². The van der Waals surface area contributed by atoms with Crippen molar-refractivity contribution in [1.29, 1.82) is 0 Å². The number of carbonyl (C=O) groups excluding carboxylic acids is 1. The molecule has 0 aliphatic heterocycles. The van der Waals surface area contributed by atoms with Crippen molar-refractivity contribution in [2.75, 3.05) is 6.54 Å². The number of amides is 1. The van der Waals surface area contributed by atoms with Crippen molar-refractivity contribution in [2.45, 2.75) is 57.5 Å². The smallest absolute Gasteiger partial charge is 0.407 e. The van der Waals surface area contributed by atoms with Crippen LogP contribution in [0.5, 0.6) is 0 Å². The Morgan fingerprint density at radius 3 is 2.82 bits per heavy atom. The lowest BCUT2D eigenvalue weighted by Crippen LogP contribution is -2.34. The van der Waals surface area contributed by atoms with Gasteiger partial charge in [0.1, 0.15) is 5.60 Å². The van der Waals surface area contributed by atoms with E-state index in [1.165, 1.54) is 24.0 Å². The number of alkyl carbamates (subject to hydrolysis) is 1. The maximum atomic E-state index is 11.7. The first-order valence-electron chi connectivity index (χ1n) is 8.11. The largest absolute Gasteiger partial charge is 0.444 e. The third-order valence-electron chi connectivity index (χ3n) is 4.78. The zero-order valence-electron chi connectivity index (χ0n) is 13.5. The molecule has 3 nitrogen and oxygen atoms in total. The van der Waals surface area contributed by atoms with E-state index < -0.39 is 5.60 Å². The minimum absolute atomic E-state index is 0.320. The third kappa shape index (κ3) is 3.10. The topological polar surface area (TPSA) is 38.3 Å². The summed E-state index contributed by atoms with van der Waals surface area (Å²) in [5.41, 5.74) is 2.47. The van der Waals surface area contributed by atoms with Crippen molar-refractivity contribution >= 4 is 17.7 Å². The molecule has 0 aromatic heterocycles. The van der Waals surface area contributed by atoms with E-state index in [0.29, 0.717) is 24.3 Å². The lowest BCUT2D eigenvalue weighted by Gasteiger charge is -2.38. The van der Waals surface area contributed by atoms with Gasteiger partial charge in [-0.15, -0.1) is 0 Å². The highest BCUT2D eigenvalue weighted by Crippen LogP contribution is 2.60. The van der Waals surface area contributed by atoms with Gasteiger partial charge in [0.2, 0.25) is 0 Å². The fourth-order valence-electron chi connectivity index (χ4n) is 3.97. The first kappa shape index (κ1) is 15.7. The molecule has 3 atom stereocenters. The summed E-state index contributed by atoms with van der Waals surface area (Å²) < 4.78 is 5.27. The lowest BCUT2D eigenvalue weighted by atomic mass is 9.67. The predicted octanol–water partition coefficient (Wildman–Crippen LogP) is 4.85. The molecule has 0 unspecified atom stereocenters. The van der Waals surface area contributed by atoms with Crippen LogP contribution in [0.3, 0.4) is 0 Å². The number of halogens is 1. The quantitative estimate of drug-likeness (QED) is 0.864. The second-order valence-corrected chi connectivity index (χ2v) is 7.90. The fourth-order valence-corrected chi connectivity index (χ4v) is 4.15. The van der Waals surface area contributed by atoms with Crippen molar-refractivity contribution in [3.8, 4) is 0 Å². The first-order valence-corrected chi connectivity index (χ1v) is 8.49. The van der Waals surface area contributed by atoms with E-state index in [1.54, 1.807) is 0 Å². The molecule has 0 heterocycles. The second-order valence-electron chi connectivity index (χ2n) is 7.46. The van der Waals surface area contributed by atoms with Crippen molar-refractivity contribution in [3.63, 3.8) is 0 Å². The van der Waals surface area contributed by atoms with Gasteiger partial charge in [-0.05, 0) is 81.0 Å². The van der Waals surface area contributed by atoms with Crippen molar-refractivity contribution in [3.05, 3.63) is 34.3 Å². The molecule has 2 aliphatic carbocycles. The van der Waals surface area contributed by atoms with Gasteiger partial charge in [0.25, 0.3) is 0 Å². The van der Waals surface area contributed by atoms with Gasteiger partial charge in [0, 0.05) is 11.6 Å². The second kappa shape index (κ2) is 5.77. The molecule has 4 heteroatoms. The zero-order valence-corrected chi connectivity index (χ0v) is 14.2. The lowest BCUT2D eigenvalue weighted by molar-refractivity contribution is 0.0524. The first-order chi connectivity index (χ1) is 10.3. The standard InChI is InChI=1S/C18H24ClNO2/c1-18(2,3)22-17(21)20-9-8-11-4-6-14-13-7-5-12(19)10-15(13)16(11)14/h5,7,10-11,14,16H,4,6,8-9H2,1-3H3,(H,20,21)/t11-,14+,16+/m1/s1. The van der Waals surface area contributed by atoms with Crippen LogP contribution in [0.15, 0.2) is 18.2 Å². The Kier molecular flexibility index (Phi) is 4.11. The van der Waals surface area contributed by atoms with E-state index in [-0.39, 0.29) is 6.09 Å². The SMILES string of the molecule is CC(C)(C)OC(=O)NCC[C@H]1CC[C@H]2c3ccc(Cl)cc3[C@@H]12. The number of nitrogens with one attached hydrogen (secondary N) is 1. The Morgan fingerprint density at radius 1 is 1.32 bits per heavy atom. The predicted molar refractivity (Wildman–Crippen MR) is 88.5 cm³/mol. The van der Waals surface area contributed by atoms with Gasteiger partial charge in [-0.1, -0.05) is 17.7 Å². The highest BCUT2D eigenvalue weighted by Gasteiger charge is 2.46. The maximum Gasteiger partial charge on any atom is 0.407 e. The molecule has 1 saturated carbocycles. The van der Waals surface area contributed by atoms with E-state index >= 15 is 0 Å². The number of hydrogen-bond donors (Lipinski definition) is 1. The molecular formula is C18H24ClNO2. The van der Waals surface area contributed by atoms with Crippen LogP contribution < -0.4 is 5.32 Å². The summed E-state index contributed by atoms with van der Waals surface area (Å²) in [5, 5.41) is 3.70. The summed E-state index contributed by atoms with van der Waals surface area (Å²) in [6.07, 6.45) is 3.18. The van der Waals surface area contributed by atoms with Gasteiger partial charge in [0.05, 0.1) is 0 Å². The molecule has 1 aromatic rings. The van der Waals surface area contributed by atoms with E-state index in [9.17, 15) is 4.79 Å². The molecule has 1 fully saturated rings. The van der Waals surface area contributed by atoms with Crippen LogP contribution in [0, 0.1) is 5.92 Å². The molecule has 0 saturated heterocycles. The molecule has 1 aromatic carbocycles. The molecule has 0 radical (unpaired) electrons. The monoisotopic (exact) mass is 321 g/mol. The molecule has 0 bridgehead atoms. The molecular weight excluding hydrogens is 298 g/mol. The minimum atomic E-state index is -0.438. The van der Waals surface area contributed by atoms with Crippen molar-refractivity contribution < 1.29 is 9.53 Å². The number of benzene rings is 1. The average Bonchev–Trinajstić information content (AvgIpc) is 2.73. The number of hydrogen-bond acceptors (Lipinski definition) is 2. The number of ether oxygens (including phenoxy) is 1. The molecule has 22 heavy (non-hydrogen) atoms. The highest BCUT2D eigenvalue weighted by atomic mass is 35.5. The fraction of sp³-hybridized carbons (Fsp3) is 0.611. The Balaban J connectivity index is 1.52. The average molecular weight is 322 g/mol. The Morgan fingerprint density at radius 2 is 2.09 bits per heavy atom. The van der Waals surface area contributed by atoms with Gasteiger partial charge in [-0.2, -0.15) is 0 Å². The normalized spacial score (nSPS) is 25.9. The van der Waals surface area contributed by atoms with E-state index in [2.05, 4.69) is 17.4 Å². The van der Waals surface area contributed by atoms with Crippen LogP contribution in [0.1, 0.15) is 63.0 Å².